The van der Waals surface area contributed by atoms with Gasteiger partial charge in [0.25, 0.3) is 0 Å². The van der Waals surface area contributed by atoms with Crippen LogP contribution >= 0.6 is 35.3 Å². The maximum absolute atomic E-state index is 4.65. The molecule has 3 N–H and O–H groups in total. The highest BCUT2D eigenvalue weighted by Gasteiger charge is 2.21. The molecule has 150 valence electrons. The Balaban J connectivity index is 0.00000364. The molecule has 2 aromatic rings. The number of rotatable bonds is 8. The molecule has 0 aliphatic heterocycles. The van der Waals surface area contributed by atoms with E-state index in [-0.39, 0.29) is 35.6 Å². The van der Waals surface area contributed by atoms with Crippen molar-refractivity contribution in [1.82, 2.24) is 20.9 Å². The lowest BCUT2D eigenvalue weighted by atomic mass is 10.0. The summed E-state index contributed by atoms with van der Waals surface area (Å²) in [7, 11) is 0. The molecule has 0 bridgehead atoms. The molecule has 1 atom stereocenters. The summed E-state index contributed by atoms with van der Waals surface area (Å²) < 4.78 is 0. The molecule has 0 saturated heterocycles. The van der Waals surface area contributed by atoms with Gasteiger partial charge in [-0.15, -0.1) is 35.3 Å². The molecule has 7 heteroatoms. The van der Waals surface area contributed by atoms with Gasteiger partial charge in [0.1, 0.15) is 5.01 Å². The van der Waals surface area contributed by atoms with Crippen molar-refractivity contribution in [1.29, 1.82) is 0 Å². The lowest BCUT2D eigenvalue weighted by Gasteiger charge is -2.31. The standard InChI is InChI=1S/C20H31N5S.HI/c1-6-21-19(23-13-18-22-12-15(2)26-18)24-14-20(4,5)25-16(3)17-10-8-7-9-11-17;/h7-12,16,25H,6,13-14H2,1-5H3,(H2,21,23,24);1H. The zero-order chi connectivity index (χ0) is 19.0. The Kier molecular flexibility index (Phi) is 10.3. The van der Waals surface area contributed by atoms with E-state index in [1.807, 2.05) is 12.3 Å². The summed E-state index contributed by atoms with van der Waals surface area (Å²) in [6.07, 6.45) is 1.90. The number of hydrogen-bond donors (Lipinski definition) is 3. The van der Waals surface area contributed by atoms with Crippen LogP contribution in [0.2, 0.25) is 0 Å². The summed E-state index contributed by atoms with van der Waals surface area (Å²) in [6, 6.07) is 10.8. The molecule has 0 aliphatic carbocycles. The molecule has 0 aliphatic rings. The van der Waals surface area contributed by atoms with E-state index in [4.69, 9.17) is 0 Å². The minimum Gasteiger partial charge on any atom is -0.357 e. The number of nitrogens with one attached hydrogen (secondary N) is 3. The first-order valence-corrected chi connectivity index (χ1v) is 9.97. The molecular weight excluding hydrogens is 469 g/mol. The molecule has 1 aromatic carbocycles. The SMILES string of the molecule is CCNC(=NCc1ncc(C)s1)NCC(C)(C)NC(C)c1ccccc1.I. The Bertz CT molecular complexity index is 699. The molecule has 5 nitrogen and oxygen atoms in total. The van der Waals surface area contributed by atoms with Crippen molar-refractivity contribution < 1.29 is 0 Å². The molecule has 0 amide bonds. The summed E-state index contributed by atoms with van der Waals surface area (Å²) >= 11 is 1.69. The molecule has 0 fully saturated rings. The fourth-order valence-electron chi connectivity index (χ4n) is 2.73. The van der Waals surface area contributed by atoms with Crippen molar-refractivity contribution in [2.24, 2.45) is 4.99 Å². The number of aliphatic imine (C=N–C) groups is 1. The van der Waals surface area contributed by atoms with Crippen LogP contribution < -0.4 is 16.0 Å². The van der Waals surface area contributed by atoms with E-state index >= 15 is 0 Å². The number of benzene rings is 1. The molecule has 0 saturated carbocycles. The van der Waals surface area contributed by atoms with Crippen LogP contribution in [0.5, 0.6) is 0 Å². The third-order valence-corrected chi connectivity index (χ3v) is 4.89. The summed E-state index contributed by atoms with van der Waals surface area (Å²) in [5, 5.41) is 11.5. The number of halogens is 1. The predicted molar refractivity (Wildman–Crippen MR) is 127 cm³/mol. The van der Waals surface area contributed by atoms with Gasteiger partial charge in [-0.2, -0.15) is 0 Å². The van der Waals surface area contributed by atoms with Gasteiger partial charge >= 0.3 is 0 Å². The number of aromatic nitrogens is 1. The van der Waals surface area contributed by atoms with Gasteiger partial charge in [0.2, 0.25) is 0 Å². The van der Waals surface area contributed by atoms with Gasteiger partial charge in [0.15, 0.2) is 5.96 Å². The van der Waals surface area contributed by atoms with E-state index in [1.165, 1.54) is 10.4 Å². The number of guanidine groups is 1. The quantitative estimate of drug-likeness (QED) is 0.288. The van der Waals surface area contributed by atoms with E-state index in [2.05, 4.69) is 84.8 Å². The number of thiazole rings is 1. The van der Waals surface area contributed by atoms with Gasteiger partial charge in [-0.3, -0.25) is 0 Å². The van der Waals surface area contributed by atoms with Gasteiger partial charge < -0.3 is 16.0 Å². The minimum atomic E-state index is -0.0801. The summed E-state index contributed by atoms with van der Waals surface area (Å²) in [5.74, 6) is 0.822. The van der Waals surface area contributed by atoms with E-state index in [1.54, 1.807) is 11.3 Å². The Morgan fingerprint density at radius 2 is 1.93 bits per heavy atom. The monoisotopic (exact) mass is 501 g/mol. The van der Waals surface area contributed by atoms with E-state index in [0.717, 1.165) is 24.1 Å². The maximum Gasteiger partial charge on any atom is 0.191 e. The summed E-state index contributed by atoms with van der Waals surface area (Å²) in [4.78, 5) is 10.2. The van der Waals surface area contributed by atoms with Crippen molar-refractivity contribution in [3.05, 3.63) is 52.0 Å². The van der Waals surface area contributed by atoms with Gasteiger partial charge in [-0.1, -0.05) is 30.3 Å². The third-order valence-electron chi connectivity index (χ3n) is 3.99. The van der Waals surface area contributed by atoms with Crippen LogP contribution in [0.15, 0.2) is 41.5 Å². The second-order valence-corrected chi connectivity index (χ2v) is 8.39. The zero-order valence-electron chi connectivity index (χ0n) is 16.9. The Morgan fingerprint density at radius 1 is 1.22 bits per heavy atom. The Labute approximate surface area is 184 Å². The lowest BCUT2D eigenvalue weighted by molar-refractivity contribution is 0.345. The molecule has 1 unspecified atom stereocenters. The first-order chi connectivity index (χ1) is 12.4. The fraction of sp³-hybridized carbons (Fsp3) is 0.500. The second kappa shape index (κ2) is 11.6. The highest BCUT2D eigenvalue weighted by atomic mass is 127. The van der Waals surface area contributed by atoms with E-state index in [9.17, 15) is 0 Å². The predicted octanol–water partition coefficient (Wildman–Crippen LogP) is 4.25. The van der Waals surface area contributed by atoms with Gasteiger partial charge in [0.05, 0.1) is 6.54 Å². The normalized spacial score (nSPS) is 13.0. The van der Waals surface area contributed by atoms with Crippen LogP contribution in [0.3, 0.4) is 0 Å². The van der Waals surface area contributed by atoms with Crippen LogP contribution in [-0.4, -0.2) is 29.6 Å². The molecule has 0 radical (unpaired) electrons. The van der Waals surface area contributed by atoms with Crippen molar-refractivity contribution >= 4 is 41.3 Å². The van der Waals surface area contributed by atoms with Crippen LogP contribution in [0, 0.1) is 6.92 Å². The van der Waals surface area contributed by atoms with Crippen LogP contribution in [0.25, 0.3) is 0 Å². The van der Waals surface area contributed by atoms with Crippen molar-refractivity contribution in [3.63, 3.8) is 0 Å². The topological polar surface area (TPSA) is 61.3 Å². The molecule has 27 heavy (non-hydrogen) atoms. The maximum atomic E-state index is 4.65. The first-order valence-electron chi connectivity index (χ1n) is 9.16. The van der Waals surface area contributed by atoms with Gasteiger partial charge in [0, 0.05) is 35.7 Å². The minimum absolute atomic E-state index is 0. The van der Waals surface area contributed by atoms with Gasteiger partial charge in [-0.25, -0.2) is 9.98 Å². The third kappa shape index (κ3) is 8.57. The van der Waals surface area contributed by atoms with Crippen molar-refractivity contribution in [3.8, 4) is 0 Å². The highest BCUT2D eigenvalue weighted by molar-refractivity contribution is 14.0. The largest absolute Gasteiger partial charge is 0.357 e. The van der Waals surface area contributed by atoms with Gasteiger partial charge in [-0.05, 0) is 40.2 Å². The van der Waals surface area contributed by atoms with Crippen LogP contribution in [0.4, 0.5) is 0 Å². The smallest absolute Gasteiger partial charge is 0.191 e. The Hall–Kier alpha value is -1.19. The molecule has 1 heterocycles. The van der Waals surface area contributed by atoms with E-state index < -0.39 is 0 Å². The molecule has 1 aromatic heterocycles. The molecule has 0 spiro atoms. The number of nitrogens with zero attached hydrogens (tertiary/aromatic N) is 2. The average Bonchev–Trinajstić information content (AvgIpc) is 3.03. The fourth-order valence-corrected chi connectivity index (χ4v) is 3.44. The Morgan fingerprint density at radius 3 is 2.52 bits per heavy atom. The molecular formula is C20H32IN5S. The first kappa shape index (κ1) is 23.8. The summed E-state index contributed by atoms with van der Waals surface area (Å²) in [5.41, 5.74) is 1.21. The van der Waals surface area contributed by atoms with Crippen molar-refractivity contribution in [2.75, 3.05) is 13.1 Å². The summed E-state index contributed by atoms with van der Waals surface area (Å²) in [6.45, 7) is 12.9. The van der Waals surface area contributed by atoms with E-state index in [0.29, 0.717) is 6.54 Å². The number of hydrogen-bond acceptors (Lipinski definition) is 4. The second-order valence-electron chi connectivity index (χ2n) is 7.07. The van der Waals surface area contributed by atoms with Crippen LogP contribution in [-0.2, 0) is 6.54 Å². The average molecular weight is 501 g/mol. The van der Waals surface area contributed by atoms with Crippen molar-refractivity contribution in [2.45, 2.75) is 52.7 Å². The lowest BCUT2D eigenvalue weighted by Crippen LogP contribution is -2.52. The zero-order valence-corrected chi connectivity index (χ0v) is 20.0. The molecule has 2 rings (SSSR count). The highest BCUT2D eigenvalue weighted by Crippen LogP contribution is 2.16. The van der Waals surface area contributed by atoms with Crippen LogP contribution in [0.1, 0.15) is 49.2 Å². The number of aryl methyl sites for hydroxylation is 1.